The summed E-state index contributed by atoms with van der Waals surface area (Å²) in [6.07, 6.45) is 7.59. The summed E-state index contributed by atoms with van der Waals surface area (Å²) in [5.74, 6) is 1.55. The Morgan fingerprint density at radius 1 is 1.32 bits per heavy atom. The number of aromatic amines is 1. The maximum atomic E-state index is 13.6. The first-order valence-corrected chi connectivity index (χ1v) is 10.4. The Balaban J connectivity index is 1.42. The van der Waals surface area contributed by atoms with Crippen LogP contribution in [0.1, 0.15) is 52.5 Å². The van der Waals surface area contributed by atoms with Crippen LogP contribution in [0, 0.1) is 12.7 Å². The number of aryl methyl sites for hydroxylation is 1. The Kier molecular flexibility index (Phi) is 4.84. The lowest BCUT2D eigenvalue weighted by atomic mass is 9.77. The van der Waals surface area contributed by atoms with E-state index in [4.69, 9.17) is 4.98 Å². The summed E-state index contributed by atoms with van der Waals surface area (Å²) in [7, 11) is 0. The van der Waals surface area contributed by atoms with Gasteiger partial charge in [-0.15, -0.1) is 0 Å². The molecule has 0 aromatic carbocycles. The second kappa shape index (κ2) is 7.68. The topological polar surface area (TPSA) is 113 Å². The van der Waals surface area contributed by atoms with E-state index < -0.39 is 5.82 Å². The van der Waals surface area contributed by atoms with Crippen LogP contribution in [-0.4, -0.2) is 54.0 Å². The molecule has 3 aromatic heterocycles. The number of pyridine rings is 1. The summed E-state index contributed by atoms with van der Waals surface area (Å²) in [6.45, 7) is 3.59. The summed E-state index contributed by atoms with van der Waals surface area (Å²) < 4.78 is 13.6. The highest BCUT2D eigenvalue weighted by atomic mass is 19.1. The molecule has 5 rings (SSSR count). The van der Waals surface area contributed by atoms with Gasteiger partial charge < -0.3 is 10.2 Å². The number of carbonyl (C=O) groups excluding carboxylic acids is 1. The van der Waals surface area contributed by atoms with Gasteiger partial charge in [-0.2, -0.15) is 5.10 Å². The number of aromatic nitrogens is 6. The van der Waals surface area contributed by atoms with Gasteiger partial charge in [0.25, 0.3) is 5.91 Å². The molecule has 31 heavy (non-hydrogen) atoms. The molecule has 160 valence electrons. The smallest absolute Gasteiger partial charge is 0.255 e. The predicted molar refractivity (Wildman–Crippen MR) is 110 cm³/mol. The lowest BCUT2D eigenvalue weighted by Gasteiger charge is -2.40. The zero-order valence-corrected chi connectivity index (χ0v) is 17.2. The van der Waals surface area contributed by atoms with Crippen LogP contribution in [0.4, 0.5) is 10.2 Å². The van der Waals surface area contributed by atoms with Gasteiger partial charge in [-0.05, 0) is 38.7 Å². The lowest BCUT2D eigenvalue weighted by molar-refractivity contribution is 0.0632. The van der Waals surface area contributed by atoms with Crippen LogP contribution in [0.5, 0.6) is 0 Å². The number of nitrogens with one attached hydrogen (secondary N) is 2. The zero-order valence-electron chi connectivity index (χ0n) is 17.2. The van der Waals surface area contributed by atoms with Crippen molar-refractivity contribution < 1.29 is 9.18 Å². The summed E-state index contributed by atoms with van der Waals surface area (Å²) >= 11 is 0. The molecule has 1 fully saturated rings. The summed E-state index contributed by atoms with van der Waals surface area (Å²) in [5, 5.41) is 10.1. The van der Waals surface area contributed by atoms with Gasteiger partial charge in [0, 0.05) is 30.3 Å². The number of piperidine rings is 1. The number of nitrogens with zero attached hydrogens (tertiary/aromatic N) is 6. The second-order valence-corrected chi connectivity index (χ2v) is 8.23. The minimum Gasteiger partial charge on any atom is -0.362 e. The number of halogens is 1. The van der Waals surface area contributed by atoms with E-state index in [1.165, 1.54) is 18.6 Å². The van der Waals surface area contributed by atoms with E-state index in [0.717, 1.165) is 54.8 Å². The number of H-pyrrole nitrogens is 1. The number of amides is 1. The molecule has 1 atom stereocenters. The highest BCUT2D eigenvalue weighted by molar-refractivity contribution is 5.94. The maximum Gasteiger partial charge on any atom is 0.255 e. The Hall–Kier alpha value is -3.43. The molecule has 1 unspecified atom stereocenters. The fourth-order valence-corrected chi connectivity index (χ4v) is 4.80. The third-order valence-electron chi connectivity index (χ3n) is 6.18. The first-order chi connectivity index (χ1) is 15.0. The number of carbonyl (C=O) groups is 1. The molecule has 1 spiro atoms. The zero-order chi connectivity index (χ0) is 21.4. The van der Waals surface area contributed by atoms with Gasteiger partial charge in [-0.3, -0.25) is 14.9 Å². The van der Waals surface area contributed by atoms with Crippen LogP contribution in [0.2, 0.25) is 0 Å². The largest absolute Gasteiger partial charge is 0.362 e. The van der Waals surface area contributed by atoms with Crippen molar-refractivity contribution in [3.05, 3.63) is 59.1 Å². The quantitative estimate of drug-likeness (QED) is 0.663. The molecule has 3 aromatic rings. The van der Waals surface area contributed by atoms with Crippen molar-refractivity contribution in [3.63, 3.8) is 0 Å². The molecule has 4 heterocycles. The fourth-order valence-electron chi connectivity index (χ4n) is 4.80. The molecule has 0 radical (unpaired) electrons. The number of rotatable bonds is 4. The van der Waals surface area contributed by atoms with Crippen LogP contribution < -0.4 is 5.32 Å². The van der Waals surface area contributed by atoms with E-state index in [-0.39, 0.29) is 16.9 Å². The monoisotopic (exact) mass is 422 g/mol. The van der Waals surface area contributed by atoms with Gasteiger partial charge in [-0.1, -0.05) is 0 Å². The normalized spacial score (nSPS) is 20.1. The minimum absolute atomic E-state index is 0.186. The molecule has 10 heteroatoms. The molecule has 1 aliphatic heterocycles. The van der Waals surface area contributed by atoms with Gasteiger partial charge in [0.15, 0.2) is 0 Å². The van der Waals surface area contributed by atoms with Crippen molar-refractivity contribution in [1.29, 1.82) is 0 Å². The first-order valence-electron chi connectivity index (χ1n) is 10.4. The van der Waals surface area contributed by atoms with Crippen molar-refractivity contribution in [2.24, 2.45) is 0 Å². The Bertz CT molecular complexity index is 1120. The predicted octanol–water partition coefficient (Wildman–Crippen LogP) is 2.17. The molecular formula is C21H23FN8O. The van der Waals surface area contributed by atoms with Gasteiger partial charge in [-0.25, -0.2) is 19.3 Å². The molecule has 1 aliphatic carbocycles. The van der Waals surface area contributed by atoms with Gasteiger partial charge in [0.2, 0.25) is 0 Å². The first kappa shape index (κ1) is 19.5. The summed E-state index contributed by atoms with van der Waals surface area (Å²) in [4.78, 5) is 32.3. The maximum absolute atomic E-state index is 13.6. The van der Waals surface area contributed by atoms with Crippen molar-refractivity contribution in [2.75, 3.05) is 18.4 Å². The van der Waals surface area contributed by atoms with Gasteiger partial charge in [0.1, 0.15) is 29.6 Å². The Morgan fingerprint density at radius 3 is 3.03 bits per heavy atom. The second-order valence-electron chi connectivity index (χ2n) is 8.23. The number of likely N-dealkylation sites (tertiary alicyclic amines) is 1. The highest BCUT2D eigenvalue weighted by Crippen LogP contribution is 2.46. The van der Waals surface area contributed by atoms with Crippen LogP contribution in [0.3, 0.4) is 0 Å². The molecule has 0 saturated carbocycles. The average Bonchev–Trinajstić information content (AvgIpc) is 3.41. The standard InChI is InChI=1S/C21H23FN8O/c1-13-27-18-16(19(28-13)24-10-17-25-12-26-29-17)3-5-21(18)4-2-6-30(11-21)20(31)14-7-15(22)9-23-8-14/h7-9,12H,2-6,10-11H2,1H3,(H,24,27,28)(H,25,26,29). The van der Waals surface area contributed by atoms with E-state index in [0.29, 0.717) is 25.5 Å². The summed E-state index contributed by atoms with van der Waals surface area (Å²) in [5.41, 5.74) is 2.20. The number of fused-ring (bicyclic) bond motifs is 2. The van der Waals surface area contributed by atoms with E-state index in [9.17, 15) is 9.18 Å². The SMILES string of the molecule is Cc1nc(NCc2ncn[nH]2)c2c(n1)C1(CCCN(C(=O)c3cncc(F)c3)C1)CC2. The van der Waals surface area contributed by atoms with E-state index in [1.807, 2.05) is 11.8 Å². The van der Waals surface area contributed by atoms with Crippen LogP contribution in [-0.2, 0) is 18.4 Å². The Labute approximate surface area is 178 Å². The summed E-state index contributed by atoms with van der Waals surface area (Å²) in [6, 6.07) is 1.25. The number of hydrogen-bond donors (Lipinski definition) is 2. The Morgan fingerprint density at radius 2 is 2.23 bits per heavy atom. The molecule has 2 aliphatic rings. The lowest BCUT2D eigenvalue weighted by Crippen LogP contribution is -2.48. The van der Waals surface area contributed by atoms with E-state index >= 15 is 0 Å². The van der Waals surface area contributed by atoms with E-state index in [1.54, 1.807) is 0 Å². The molecule has 1 amide bonds. The van der Waals surface area contributed by atoms with Crippen LogP contribution >= 0.6 is 0 Å². The molecule has 0 bridgehead atoms. The number of anilines is 1. The highest BCUT2D eigenvalue weighted by Gasteiger charge is 2.45. The average molecular weight is 422 g/mol. The molecule has 1 saturated heterocycles. The van der Waals surface area contributed by atoms with Gasteiger partial charge in [0.05, 0.1) is 24.0 Å². The van der Waals surface area contributed by atoms with Crippen molar-refractivity contribution >= 4 is 11.7 Å². The van der Waals surface area contributed by atoms with E-state index in [2.05, 4.69) is 30.5 Å². The van der Waals surface area contributed by atoms with Crippen molar-refractivity contribution in [3.8, 4) is 0 Å². The third-order valence-corrected chi connectivity index (χ3v) is 6.18. The van der Waals surface area contributed by atoms with Crippen LogP contribution in [0.25, 0.3) is 0 Å². The number of hydrogen-bond acceptors (Lipinski definition) is 7. The molecular weight excluding hydrogens is 399 g/mol. The van der Waals surface area contributed by atoms with Crippen LogP contribution in [0.15, 0.2) is 24.8 Å². The minimum atomic E-state index is -0.505. The van der Waals surface area contributed by atoms with Gasteiger partial charge >= 0.3 is 0 Å². The molecule has 2 N–H and O–H groups in total. The van der Waals surface area contributed by atoms with Crippen molar-refractivity contribution in [2.45, 2.75) is 44.6 Å². The third kappa shape index (κ3) is 3.62. The fraction of sp³-hybridized carbons (Fsp3) is 0.429. The molecule has 9 nitrogen and oxygen atoms in total. The van der Waals surface area contributed by atoms with Crippen molar-refractivity contribution in [1.82, 2.24) is 35.0 Å².